The second kappa shape index (κ2) is 9.26. The third kappa shape index (κ3) is 4.68. The average molecular weight is 407 g/mol. The highest BCUT2D eigenvalue weighted by Gasteiger charge is 2.12. The molecule has 3 rings (SSSR count). The van der Waals surface area contributed by atoms with Gasteiger partial charge in [-0.05, 0) is 43.2 Å². The summed E-state index contributed by atoms with van der Waals surface area (Å²) in [6.07, 6.45) is 0. The molecule has 0 aliphatic heterocycles. The quantitative estimate of drug-likeness (QED) is 0.651. The molecule has 0 radical (unpaired) electrons. The van der Waals surface area contributed by atoms with E-state index >= 15 is 0 Å². The molecule has 0 spiro atoms. The number of ether oxygens (including phenoxy) is 2. The monoisotopic (exact) mass is 407 g/mol. The number of hydrogen-bond donors (Lipinski definition) is 1. The Kier molecular flexibility index (Phi) is 6.51. The number of aromatic nitrogens is 2. The normalized spacial score (nSPS) is 10.5. The van der Waals surface area contributed by atoms with Crippen molar-refractivity contribution in [2.75, 3.05) is 14.2 Å². The summed E-state index contributed by atoms with van der Waals surface area (Å²) in [4.78, 5) is 24.7. The Labute approximate surface area is 175 Å². The van der Waals surface area contributed by atoms with Gasteiger partial charge in [0.15, 0.2) is 11.5 Å². The van der Waals surface area contributed by atoms with Crippen LogP contribution >= 0.6 is 0 Å². The van der Waals surface area contributed by atoms with Crippen molar-refractivity contribution in [3.63, 3.8) is 0 Å². The molecule has 2 aromatic carbocycles. The number of carbonyl (C=O) groups is 1. The van der Waals surface area contributed by atoms with Gasteiger partial charge in [0.2, 0.25) is 5.91 Å². The van der Waals surface area contributed by atoms with Crippen LogP contribution in [0.5, 0.6) is 11.5 Å². The maximum Gasteiger partial charge on any atom is 0.267 e. The topological polar surface area (TPSA) is 82.5 Å². The molecule has 156 valence electrons. The Morgan fingerprint density at radius 2 is 1.83 bits per heavy atom. The van der Waals surface area contributed by atoms with Crippen LogP contribution in [0.4, 0.5) is 0 Å². The van der Waals surface area contributed by atoms with E-state index in [4.69, 9.17) is 9.47 Å². The molecular weight excluding hydrogens is 382 g/mol. The minimum Gasteiger partial charge on any atom is -0.493 e. The Bertz CT molecular complexity index is 1120. The van der Waals surface area contributed by atoms with Crippen LogP contribution in [0.25, 0.3) is 11.3 Å². The number of nitrogens with one attached hydrogen (secondary N) is 1. The molecule has 0 saturated heterocycles. The van der Waals surface area contributed by atoms with E-state index in [-0.39, 0.29) is 24.6 Å². The Morgan fingerprint density at radius 3 is 2.53 bits per heavy atom. The van der Waals surface area contributed by atoms with E-state index < -0.39 is 0 Å². The smallest absolute Gasteiger partial charge is 0.267 e. The first-order valence-corrected chi connectivity index (χ1v) is 9.55. The number of amides is 1. The van der Waals surface area contributed by atoms with Crippen molar-refractivity contribution in [3.05, 3.63) is 75.6 Å². The van der Waals surface area contributed by atoms with E-state index in [9.17, 15) is 9.59 Å². The molecule has 0 saturated carbocycles. The van der Waals surface area contributed by atoms with Gasteiger partial charge in [-0.3, -0.25) is 9.59 Å². The molecule has 0 atom stereocenters. The Morgan fingerprint density at radius 1 is 1.03 bits per heavy atom. The fourth-order valence-corrected chi connectivity index (χ4v) is 3.10. The molecule has 1 aromatic heterocycles. The number of methoxy groups -OCH3 is 2. The van der Waals surface area contributed by atoms with Gasteiger partial charge in [0.25, 0.3) is 5.56 Å². The number of para-hydroxylation sites is 1. The van der Waals surface area contributed by atoms with Crippen molar-refractivity contribution in [2.45, 2.75) is 26.9 Å². The van der Waals surface area contributed by atoms with Gasteiger partial charge in [-0.1, -0.05) is 24.3 Å². The van der Waals surface area contributed by atoms with Crippen LogP contribution < -0.4 is 20.3 Å². The van der Waals surface area contributed by atoms with Gasteiger partial charge in [0.1, 0.15) is 6.54 Å². The molecule has 7 heteroatoms. The lowest BCUT2D eigenvalue weighted by Gasteiger charge is -2.13. The van der Waals surface area contributed by atoms with E-state index in [0.29, 0.717) is 17.2 Å². The zero-order chi connectivity index (χ0) is 21.7. The lowest BCUT2D eigenvalue weighted by Crippen LogP contribution is -2.33. The molecule has 30 heavy (non-hydrogen) atoms. The third-order valence-corrected chi connectivity index (χ3v) is 4.92. The van der Waals surface area contributed by atoms with Gasteiger partial charge in [-0.15, -0.1) is 0 Å². The van der Waals surface area contributed by atoms with Gasteiger partial charge in [0, 0.05) is 23.7 Å². The van der Waals surface area contributed by atoms with Crippen molar-refractivity contribution < 1.29 is 14.3 Å². The van der Waals surface area contributed by atoms with Gasteiger partial charge in [0.05, 0.1) is 19.9 Å². The minimum atomic E-state index is -0.336. The Balaban J connectivity index is 1.74. The summed E-state index contributed by atoms with van der Waals surface area (Å²) in [7, 11) is 3.10. The molecular formula is C23H25N3O4. The van der Waals surface area contributed by atoms with Crippen LogP contribution in [0.3, 0.4) is 0 Å². The van der Waals surface area contributed by atoms with Gasteiger partial charge >= 0.3 is 0 Å². The summed E-state index contributed by atoms with van der Waals surface area (Å²) >= 11 is 0. The highest BCUT2D eigenvalue weighted by Crippen LogP contribution is 2.30. The average Bonchev–Trinajstić information content (AvgIpc) is 2.75. The summed E-state index contributed by atoms with van der Waals surface area (Å²) < 4.78 is 11.8. The Hall–Kier alpha value is -3.61. The van der Waals surface area contributed by atoms with Gasteiger partial charge in [-0.25, -0.2) is 4.68 Å². The van der Waals surface area contributed by atoms with Crippen LogP contribution in [0.15, 0.2) is 53.3 Å². The predicted octanol–water partition coefficient (Wildman–Crippen LogP) is 2.86. The number of aryl methyl sites for hydroxylation is 2. The fraction of sp³-hybridized carbons (Fsp3) is 0.261. The highest BCUT2D eigenvalue weighted by atomic mass is 16.5. The van der Waals surface area contributed by atoms with E-state index in [1.165, 1.54) is 16.3 Å². The molecule has 1 heterocycles. The molecule has 1 N–H and O–H groups in total. The first kappa shape index (κ1) is 21.1. The minimum absolute atomic E-state index is 0.177. The number of rotatable bonds is 7. The summed E-state index contributed by atoms with van der Waals surface area (Å²) in [5.41, 5.74) is 4.29. The molecule has 0 fully saturated rings. The predicted molar refractivity (Wildman–Crippen MR) is 115 cm³/mol. The van der Waals surface area contributed by atoms with Crippen LogP contribution in [-0.4, -0.2) is 29.9 Å². The van der Waals surface area contributed by atoms with Crippen LogP contribution in [0.2, 0.25) is 0 Å². The summed E-state index contributed by atoms with van der Waals surface area (Å²) in [6.45, 7) is 4.12. The van der Waals surface area contributed by atoms with Crippen LogP contribution in [-0.2, 0) is 17.9 Å². The summed E-state index contributed by atoms with van der Waals surface area (Å²) in [5.74, 6) is 0.822. The lowest BCUT2D eigenvalue weighted by molar-refractivity contribution is -0.122. The van der Waals surface area contributed by atoms with Crippen molar-refractivity contribution in [1.82, 2.24) is 15.1 Å². The first-order valence-electron chi connectivity index (χ1n) is 9.55. The number of hydrogen-bond acceptors (Lipinski definition) is 5. The van der Waals surface area contributed by atoms with Crippen molar-refractivity contribution in [2.24, 2.45) is 0 Å². The van der Waals surface area contributed by atoms with Crippen LogP contribution in [0.1, 0.15) is 16.7 Å². The SMILES string of the molecule is COc1cccc(CNC(=O)Cn2nc(-c3ccc(C)c(C)c3)ccc2=O)c1OC. The molecule has 0 aliphatic carbocycles. The van der Waals surface area contributed by atoms with E-state index in [1.807, 2.05) is 44.2 Å². The van der Waals surface area contributed by atoms with Gasteiger partial charge in [-0.2, -0.15) is 5.10 Å². The summed E-state index contributed by atoms with van der Waals surface area (Å²) in [5, 5.41) is 7.17. The van der Waals surface area contributed by atoms with E-state index in [1.54, 1.807) is 26.4 Å². The van der Waals surface area contributed by atoms with Gasteiger partial charge < -0.3 is 14.8 Å². The highest BCUT2D eigenvalue weighted by molar-refractivity contribution is 5.75. The molecule has 7 nitrogen and oxygen atoms in total. The molecule has 1 amide bonds. The number of nitrogens with zero attached hydrogens (tertiary/aromatic N) is 2. The second-order valence-corrected chi connectivity index (χ2v) is 6.94. The maximum absolute atomic E-state index is 12.5. The molecule has 0 unspecified atom stereocenters. The van der Waals surface area contributed by atoms with E-state index in [2.05, 4.69) is 10.4 Å². The van der Waals surface area contributed by atoms with Crippen LogP contribution in [0, 0.1) is 13.8 Å². The fourth-order valence-electron chi connectivity index (χ4n) is 3.10. The lowest BCUT2D eigenvalue weighted by atomic mass is 10.0. The second-order valence-electron chi connectivity index (χ2n) is 6.94. The van der Waals surface area contributed by atoms with Crippen molar-refractivity contribution in [1.29, 1.82) is 0 Å². The van der Waals surface area contributed by atoms with Crippen molar-refractivity contribution in [3.8, 4) is 22.8 Å². The third-order valence-electron chi connectivity index (χ3n) is 4.92. The maximum atomic E-state index is 12.5. The number of carbonyl (C=O) groups excluding carboxylic acids is 1. The molecule has 3 aromatic rings. The molecule has 0 bridgehead atoms. The summed E-state index contributed by atoms with van der Waals surface area (Å²) in [6, 6.07) is 14.5. The van der Waals surface area contributed by atoms with E-state index in [0.717, 1.165) is 16.7 Å². The zero-order valence-corrected chi connectivity index (χ0v) is 17.6. The number of benzene rings is 2. The largest absolute Gasteiger partial charge is 0.493 e. The first-order chi connectivity index (χ1) is 14.4. The van der Waals surface area contributed by atoms with Crippen molar-refractivity contribution >= 4 is 5.91 Å². The molecule has 0 aliphatic rings. The zero-order valence-electron chi connectivity index (χ0n) is 17.6. The standard InChI is InChI=1S/C23H25N3O4/c1-15-8-9-17(12-16(15)2)19-10-11-22(28)26(25-19)14-21(27)24-13-18-6-5-7-20(29-3)23(18)30-4/h5-12H,13-14H2,1-4H3,(H,24,27).